The Balaban J connectivity index is 1.51. The average Bonchev–Trinajstić information content (AvgIpc) is 3.50. The zero-order valence-corrected chi connectivity index (χ0v) is 18.8. The molecular weight excluding hydrogens is 441 g/mol. The van der Waals surface area contributed by atoms with Crippen LogP contribution in [0.4, 0.5) is 4.39 Å². The van der Waals surface area contributed by atoms with Crippen LogP contribution in [0.3, 0.4) is 0 Å². The van der Waals surface area contributed by atoms with Crippen LogP contribution in [0.5, 0.6) is 0 Å². The quantitative estimate of drug-likeness (QED) is 0.459. The Morgan fingerprint density at radius 1 is 1.12 bits per heavy atom. The molecule has 6 nitrogen and oxygen atoms in total. The molecule has 0 bridgehead atoms. The lowest BCUT2D eigenvalue weighted by Crippen LogP contribution is -2.25. The molecule has 1 aromatic heterocycles. The Morgan fingerprint density at radius 2 is 1.88 bits per heavy atom. The van der Waals surface area contributed by atoms with Gasteiger partial charge in [0.05, 0.1) is 17.5 Å². The largest absolute Gasteiger partial charge is 0.349 e. The van der Waals surface area contributed by atoms with Gasteiger partial charge in [-0.25, -0.2) is 12.8 Å². The molecule has 1 fully saturated rings. The van der Waals surface area contributed by atoms with E-state index >= 15 is 0 Å². The van der Waals surface area contributed by atoms with E-state index in [1.165, 1.54) is 12.3 Å². The third kappa shape index (κ3) is 4.26. The molecule has 4 aromatic rings. The van der Waals surface area contributed by atoms with E-state index in [1.54, 1.807) is 55.5 Å². The van der Waals surface area contributed by atoms with Gasteiger partial charge in [0.1, 0.15) is 5.82 Å². The van der Waals surface area contributed by atoms with E-state index in [4.69, 9.17) is 0 Å². The fraction of sp³-hybridized carbons (Fsp3) is 0.200. The highest BCUT2D eigenvalue weighted by atomic mass is 32.2. The first-order valence-corrected chi connectivity index (χ1v) is 12.3. The maximum Gasteiger partial charge on any atom is 0.258 e. The molecule has 8 heteroatoms. The molecular formula is C25H22FN3O3S. The van der Waals surface area contributed by atoms with Gasteiger partial charge in [0.2, 0.25) is 0 Å². The minimum atomic E-state index is -3.72. The second kappa shape index (κ2) is 8.12. The summed E-state index contributed by atoms with van der Waals surface area (Å²) in [6, 6.07) is 17.2. The SMILES string of the molecule is Cc1c(F)cc(C(=O)NC2CC2)cc1-c1ccc2c(cnn2S(=O)(=O)Cc2ccccc2)c1. The van der Waals surface area contributed by atoms with E-state index in [9.17, 15) is 17.6 Å². The molecule has 168 valence electrons. The number of carbonyl (C=O) groups excluding carboxylic acids is 1. The van der Waals surface area contributed by atoms with Crippen molar-refractivity contribution in [3.63, 3.8) is 0 Å². The molecule has 0 aliphatic heterocycles. The number of fused-ring (bicyclic) bond motifs is 1. The fourth-order valence-corrected chi connectivity index (χ4v) is 5.24. The number of rotatable bonds is 6. The predicted octanol–water partition coefficient (Wildman–Crippen LogP) is 4.42. The number of carbonyl (C=O) groups is 1. The van der Waals surface area contributed by atoms with Crippen LogP contribution in [-0.4, -0.2) is 29.6 Å². The molecule has 1 heterocycles. The summed E-state index contributed by atoms with van der Waals surface area (Å²) in [5.41, 5.74) is 3.06. The van der Waals surface area contributed by atoms with Crippen LogP contribution in [0.1, 0.15) is 34.3 Å². The Morgan fingerprint density at radius 3 is 2.61 bits per heavy atom. The Hall–Kier alpha value is -3.52. The molecule has 0 radical (unpaired) electrons. The summed E-state index contributed by atoms with van der Waals surface area (Å²) in [6.45, 7) is 1.66. The molecule has 33 heavy (non-hydrogen) atoms. The van der Waals surface area contributed by atoms with Gasteiger partial charge in [0.25, 0.3) is 15.9 Å². The lowest BCUT2D eigenvalue weighted by Gasteiger charge is -2.12. The molecule has 1 saturated carbocycles. The second-order valence-electron chi connectivity index (χ2n) is 8.38. The number of nitrogens with zero attached hydrogens (tertiary/aromatic N) is 2. The Kier molecular flexibility index (Phi) is 5.25. The maximum absolute atomic E-state index is 14.6. The van der Waals surface area contributed by atoms with Gasteiger partial charge < -0.3 is 5.32 Å². The second-order valence-corrected chi connectivity index (χ2v) is 10.2. The first kappa shape index (κ1) is 21.3. The topological polar surface area (TPSA) is 81.1 Å². The molecule has 1 amide bonds. The molecule has 1 aliphatic carbocycles. The lowest BCUT2D eigenvalue weighted by molar-refractivity contribution is 0.0950. The molecule has 1 aliphatic rings. The summed E-state index contributed by atoms with van der Waals surface area (Å²) in [4.78, 5) is 12.5. The van der Waals surface area contributed by atoms with Crippen LogP contribution in [0.15, 0.2) is 66.9 Å². The van der Waals surface area contributed by atoms with Crippen molar-refractivity contribution in [2.45, 2.75) is 31.6 Å². The van der Waals surface area contributed by atoms with E-state index in [1.807, 2.05) is 6.07 Å². The van der Waals surface area contributed by atoms with Crippen LogP contribution >= 0.6 is 0 Å². The molecule has 5 rings (SSSR count). The summed E-state index contributed by atoms with van der Waals surface area (Å²) in [6.07, 6.45) is 3.37. The minimum Gasteiger partial charge on any atom is -0.349 e. The predicted molar refractivity (Wildman–Crippen MR) is 125 cm³/mol. The van der Waals surface area contributed by atoms with Crippen molar-refractivity contribution in [2.75, 3.05) is 0 Å². The average molecular weight is 464 g/mol. The molecule has 0 saturated heterocycles. The Labute approximate surface area is 191 Å². The zero-order valence-electron chi connectivity index (χ0n) is 18.0. The van der Waals surface area contributed by atoms with Crippen LogP contribution in [-0.2, 0) is 15.8 Å². The van der Waals surface area contributed by atoms with E-state index in [0.717, 1.165) is 16.9 Å². The fourth-order valence-electron chi connectivity index (χ4n) is 3.85. The van der Waals surface area contributed by atoms with Gasteiger partial charge in [0.15, 0.2) is 0 Å². The first-order chi connectivity index (χ1) is 15.8. The van der Waals surface area contributed by atoms with Gasteiger partial charge >= 0.3 is 0 Å². The molecule has 0 unspecified atom stereocenters. The van der Waals surface area contributed by atoms with E-state index in [0.29, 0.717) is 33.2 Å². The normalized spacial score (nSPS) is 13.9. The van der Waals surface area contributed by atoms with Crippen LogP contribution in [0, 0.1) is 12.7 Å². The van der Waals surface area contributed by atoms with Crippen molar-refractivity contribution >= 4 is 26.8 Å². The minimum absolute atomic E-state index is 0.172. The van der Waals surface area contributed by atoms with Gasteiger partial charge in [-0.3, -0.25) is 4.79 Å². The molecule has 0 spiro atoms. The van der Waals surface area contributed by atoms with Gasteiger partial charge in [-0.2, -0.15) is 9.19 Å². The van der Waals surface area contributed by atoms with Crippen molar-refractivity contribution in [3.05, 3.63) is 89.4 Å². The van der Waals surface area contributed by atoms with Gasteiger partial charge in [0, 0.05) is 17.0 Å². The highest BCUT2D eigenvalue weighted by Gasteiger charge is 2.25. The first-order valence-electron chi connectivity index (χ1n) is 10.7. The van der Waals surface area contributed by atoms with Crippen molar-refractivity contribution in [3.8, 4) is 11.1 Å². The van der Waals surface area contributed by atoms with Crippen molar-refractivity contribution < 1.29 is 17.6 Å². The highest BCUT2D eigenvalue weighted by Crippen LogP contribution is 2.30. The van der Waals surface area contributed by atoms with Crippen molar-refractivity contribution in [2.24, 2.45) is 0 Å². The smallest absolute Gasteiger partial charge is 0.258 e. The lowest BCUT2D eigenvalue weighted by atomic mass is 9.96. The highest BCUT2D eigenvalue weighted by molar-refractivity contribution is 7.89. The number of amides is 1. The number of hydrogen-bond donors (Lipinski definition) is 1. The number of aromatic nitrogens is 2. The van der Waals surface area contributed by atoms with Crippen molar-refractivity contribution in [1.82, 2.24) is 14.5 Å². The third-order valence-corrected chi connectivity index (χ3v) is 7.34. The zero-order chi connectivity index (χ0) is 23.2. The molecule has 3 aromatic carbocycles. The van der Waals surface area contributed by atoms with Crippen molar-refractivity contribution in [1.29, 1.82) is 0 Å². The van der Waals surface area contributed by atoms with Gasteiger partial charge in [-0.1, -0.05) is 36.4 Å². The van der Waals surface area contributed by atoms with Gasteiger partial charge in [-0.05, 0) is 66.3 Å². The summed E-state index contributed by atoms with van der Waals surface area (Å²) in [5, 5.41) is 7.60. The number of nitrogens with one attached hydrogen (secondary N) is 1. The summed E-state index contributed by atoms with van der Waals surface area (Å²) < 4.78 is 41.6. The standard InChI is InChI=1S/C25H22FN3O3S/c1-16-22(12-19(13-23(16)26)25(30)28-21-8-9-21)18-7-10-24-20(11-18)14-27-29(24)33(31,32)15-17-5-3-2-4-6-17/h2-7,10-14,21H,8-9,15H2,1H3,(H,28,30). The van der Waals surface area contributed by atoms with Crippen LogP contribution < -0.4 is 5.32 Å². The monoisotopic (exact) mass is 463 g/mol. The third-order valence-electron chi connectivity index (χ3n) is 5.82. The number of hydrogen-bond acceptors (Lipinski definition) is 4. The van der Waals surface area contributed by atoms with Crippen LogP contribution in [0.2, 0.25) is 0 Å². The van der Waals surface area contributed by atoms with Gasteiger partial charge in [-0.15, -0.1) is 0 Å². The Bertz CT molecular complexity index is 1480. The maximum atomic E-state index is 14.6. The summed E-state index contributed by atoms with van der Waals surface area (Å²) >= 11 is 0. The van der Waals surface area contributed by atoms with E-state index < -0.39 is 15.8 Å². The molecule has 0 atom stereocenters. The molecule has 1 N–H and O–H groups in total. The summed E-state index contributed by atoms with van der Waals surface area (Å²) in [5.74, 6) is -0.928. The van der Waals surface area contributed by atoms with Crippen LogP contribution in [0.25, 0.3) is 22.0 Å². The van der Waals surface area contributed by atoms with E-state index in [2.05, 4.69) is 10.4 Å². The van der Waals surface area contributed by atoms with E-state index in [-0.39, 0.29) is 23.3 Å². The summed E-state index contributed by atoms with van der Waals surface area (Å²) in [7, 11) is -3.72. The number of benzene rings is 3. The number of halogens is 1.